The summed E-state index contributed by atoms with van der Waals surface area (Å²) in [4.78, 5) is 16.1. The van der Waals surface area contributed by atoms with E-state index in [1.165, 1.54) is 6.07 Å². The normalized spacial score (nSPS) is 18.1. The number of carbonyl (C=O) groups is 1. The first-order chi connectivity index (χ1) is 13.0. The van der Waals surface area contributed by atoms with Gasteiger partial charge < -0.3 is 9.80 Å². The molecular weight excluding hydrogens is 383 g/mol. The molecule has 1 unspecified atom stereocenters. The van der Waals surface area contributed by atoms with Crippen LogP contribution in [0.2, 0.25) is 5.02 Å². The van der Waals surface area contributed by atoms with Crippen molar-refractivity contribution in [3.8, 4) is 0 Å². The molecule has 3 rings (SSSR count). The maximum absolute atomic E-state index is 13.5. The van der Waals surface area contributed by atoms with E-state index in [9.17, 15) is 9.18 Å². The summed E-state index contributed by atoms with van der Waals surface area (Å²) >= 11 is 8.11. The van der Waals surface area contributed by atoms with Gasteiger partial charge in [-0.1, -0.05) is 41.9 Å². The highest BCUT2D eigenvalue weighted by Gasteiger charge is 2.34. The lowest BCUT2D eigenvalue weighted by molar-refractivity contribution is -0.927. The second-order valence-electron chi connectivity index (χ2n) is 7.13. The highest BCUT2D eigenvalue weighted by atomic mass is 35.5. The highest BCUT2D eigenvalue weighted by molar-refractivity contribution is 7.99. The maximum atomic E-state index is 13.5. The molecule has 144 valence electrons. The number of thioether (sulfide) groups is 1. The van der Waals surface area contributed by atoms with Crippen molar-refractivity contribution in [2.75, 3.05) is 18.8 Å². The molecule has 0 aliphatic carbocycles. The van der Waals surface area contributed by atoms with Gasteiger partial charge >= 0.3 is 0 Å². The molecule has 1 saturated heterocycles. The Kier molecular flexibility index (Phi) is 6.79. The maximum Gasteiger partial charge on any atom is 0.278 e. The van der Waals surface area contributed by atoms with Crippen LogP contribution in [0, 0.1) is 5.82 Å². The first-order valence-corrected chi connectivity index (χ1v) is 10.6. The number of nitrogens with one attached hydrogen (secondary N) is 1. The van der Waals surface area contributed by atoms with E-state index < -0.39 is 0 Å². The van der Waals surface area contributed by atoms with Gasteiger partial charge in [0.05, 0.1) is 6.04 Å². The summed E-state index contributed by atoms with van der Waals surface area (Å²) < 4.78 is 13.5. The number of rotatable bonds is 6. The molecule has 0 bridgehead atoms. The van der Waals surface area contributed by atoms with E-state index in [0.29, 0.717) is 18.1 Å². The van der Waals surface area contributed by atoms with Crippen molar-refractivity contribution in [3.05, 3.63) is 70.5 Å². The van der Waals surface area contributed by atoms with E-state index >= 15 is 0 Å². The van der Waals surface area contributed by atoms with Gasteiger partial charge in [-0.2, -0.15) is 0 Å². The van der Waals surface area contributed by atoms with Gasteiger partial charge in [0, 0.05) is 28.4 Å². The Morgan fingerprint density at radius 2 is 2.07 bits per heavy atom. The van der Waals surface area contributed by atoms with Crippen molar-refractivity contribution in [2.24, 2.45) is 0 Å². The molecule has 1 amide bonds. The molecule has 0 radical (unpaired) electrons. The van der Waals surface area contributed by atoms with Crippen LogP contribution >= 0.6 is 23.4 Å². The van der Waals surface area contributed by atoms with Crippen LogP contribution in [0.5, 0.6) is 0 Å². The molecule has 0 saturated carbocycles. The van der Waals surface area contributed by atoms with Crippen LogP contribution in [0.3, 0.4) is 0 Å². The van der Waals surface area contributed by atoms with Crippen LogP contribution in [0.4, 0.5) is 4.39 Å². The molecule has 0 aromatic heterocycles. The van der Waals surface area contributed by atoms with Crippen LogP contribution in [0.25, 0.3) is 0 Å². The minimum atomic E-state index is -0.239. The molecule has 2 aromatic rings. The highest BCUT2D eigenvalue weighted by Crippen LogP contribution is 2.40. The lowest BCUT2D eigenvalue weighted by Crippen LogP contribution is -3.14. The Morgan fingerprint density at radius 3 is 2.78 bits per heavy atom. The summed E-state index contributed by atoms with van der Waals surface area (Å²) in [6.45, 7) is 5.91. The van der Waals surface area contributed by atoms with Crippen LogP contribution in [-0.4, -0.2) is 35.7 Å². The zero-order chi connectivity index (χ0) is 19.4. The van der Waals surface area contributed by atoms with E-state index in [0.717, 1.165) is 28.3 Å². The summed E-state index contributed by atoms with van der Waals surface area (Å²) in [6.07, 6.45) is 0. The zero-order valence-corrected chi connectivity index (χ0v) is 17.2. The Morgan fingerprint density at radius 1 is 1.30 bits per heavy atom. The third-order valence-electron chi connectivity index (χ3n) is 4.90. The van der Waals surface area contributed by atoms with Crippen molar-refractivity contribution in [1.29, 1.82) is 0 Å². The van der Waals surface area contributed by atoms with E-state index in [-0.39, 0.29) is 23.1 Å². The molecular formula is C21H25ClFN2OS+. The lowest BCUT2D eigenvalue weighted by Gasteiger charge is -2.29. The largest absolute Gasteiger partial charge is 0.321 e. The Hall–Kier alpha value is -1.56. The number of hydrogen-bond acceptors (Lipinski definition) is 2. The topological polar surface area (TPSA) is 24.8 Å². The van der Waals surface area contributed by atoms with E-state index in [4.69, 9.17) is 11.6 Å². The molecule has 2 atom stereocenters. The number of halogens is 2. The van der Waals surface area contributed by atoms with Crippen molar-refractivity contribution >= 4 is 29.3 Å². The number of benzene rings is 2. The Balaban J connectivity index is 1.72. The Bertz CT molecular complexity index is 801. The zero-order valence-electron chi connectivity index (χ0n) is 15.6. The first-order valence-electron chi connectivity index (χ1n) is 9.20. The van der Waals surface area contributed by atoms with Gasteiger partial charge in [0.15, 0.2) is 6.54 Å². The smallest absolute Gasteiger partial charge is 0.278 e. The number of amides is 1. The van der Waals surface area contributed by atoms with Crippen molar-refractivity contribution < 1.29 is 14.1 Å². The molecule has 2 aromatic carbocycles. The molecule has 1 aliphatic heterocycles. The standard InChI is InChI=1S/C21H24ClFN2OS/c1-15(2)24(13-16-6-5-7-17(23)12-16)14-20(26)25-10-11-27-21(25)18-8-3-4-9-19(18)22/h3-9,12,15,21H,10-11,13-14H2,1-2H3/p+1/t21-/m1/s1. The van der Waals surface area contributed by atoms with E-state index in [1.54, 1.807) is 23.9 Å². The van der Waals surface area contributed by atoms with Gasteiger partial charge in [0.2, 0.25) is 0 Å². The average Bonchev–Trinajstić information content (AvgIpc) is 3.11. The number of carbonyl (C=O) groups excluding carboxylic acids is 1. The third kappa shape index (κ3) is 5.03. The van der Waals surface area contributed by atoms with Crippen molar-refractivity contribution in [2.45, 2.75) is 31.8 Å². The number of quaternary nitrogens is 1. The number of hydrogen-bond donors (Lipinski definition) is 1. The van der Waals surface area contributed by atoms with Crippen LogP contribution in [0.1, 0.15) is 30.3 Å². The van der Waals surface area contributed by atoms with Gasteiger partial charge in [0.25, 0.3) is 5.91 Å². The van der Waals surface area contributed by atoms with Gasteiger partial charge in [-0.15, -0.1) is 11.8 Å². The first kappa shape index (κ1) is 20.2. The molecule has 1 fully saturated rings. The van der Waals surface area contributed by atoms with Crippen LogP contribution in [0.15, 0.2) is 48.5 Å². The Labute approximate surface area is 169 Å². The molecule has 1 N–H and O–H groups in total. The summed E-state index contributed by atoms with van der Waals surface area (Å²) in [5.41, 5.74) is 1.90. The predicted octanol–water partition coefficient (Wildman–Crippen LogP) is 3.55. The average molecular weight is 408 g/mol. The fraction of sp³-hybridized carbons (Fsp3) is 0.381. The summed E-state index contributed by atoms with van der Waals surface area (Å²) in [5, 5.41) is 0.663. The van der Waals surface area contributed by atoms with Crippen molar-refractivity contribution in [1.82, 2.24) is 4.90 Å². The summed E-state index contributed by atoms with van der Waals surface area (Å²) in [5.74, 6) is 0.782. The third-order valence-corrected chi connectivity index (χ3v) is 6.48. The summed E-state index contributed by atoms with van der Waals surface area (Å²) in [7, 11) is 0. The second kappa shape index (κ2) is 9.09. The minimum absolute atomic E-state index is 0.0335. The van der Waals surface area contributed by atoms with Gasteiger partial charge in [0.1, 0.15) is 17.7 Å². The minimum Gasteiger partial charge on any atom is -0.321 e. The monoisotopic (exact) mass is 407 g/mol. The fourth-order valence-corrected chi connectivity index (χ4v) is 4.95. The molecule has 1 heterocycles. The molecule has 6 heteroatoms. The summed E-state index contributed by atoms with van der Waals surface area (Å²) in [6, 6.07) is 14.6. The molecule has 27 heavy (non-hydrogen) atoms. The van der Waals surface area contributed by atoms with Gasteiger partial charge in [-0.05, 0) is 32.0 Å². The number of nitrogens with zero attached hydrogens (tertiary/aromatic N) is 1. The van der Waals surface area contributed by atoms with E-state index in [1.807, 2.05) is 35.2 Å². The van der Waals surface area contributed by atoms with E-state index in [2.05, 4.69) is 13.8 Å². The van der Waals surface area contributed by atoms with Crippen molar-refractivity contribution in [3.63, 3.8) is 0 Å². The SMILES string of the molecule is CC(C)[NH+](CC(=O)N1CCS[C@@H]1c1ccccc1Cl)Cc1cccc(F)c1. The quantitative estimate of drug-likeness (QED) is 0.792. The van der Waals surface area contributed by atoms with Crippen LogP contribution < -0.4 is 4.90 Å². The van der Waals surface area contributed by atoms with Gasteiger partial charge in [-0.3, -0.25) is 4.79 Å². The fourth-order valence-electron chi connectivity index (χ4n) is 3.33. The van der Waals surface area contributed by atoms with Crippen LogP contribution in [-0.2, 0) is 11.3 Å². The molecule has 1 aliphatic rings. The molecule has 3 nitrogen and oxygen atoms in total. The second-order valence-corrected chi connectivity index (χ2v) is 8.72. The molecule has 0 spiro atoms. The lowest BCUT2D eigenvalue weighted by atomic mass is 10.1. The predicted molar refractivity (Wildman–Crippen MR) is 109 cm³/mol. The van der Waals surface area contributed by atoms with Gasteiger partial charge in [-0.25, -0.2) is 4.39 Å².